The predicted octanol–water partition coefficient (Wildman–Crippen LogP) is 13.0. The van der Waals surface area contributed by atoms with E-state index < -0.39 is 259 Å². The Morgan fingerprint density at radius 3 is 1.72 bits per heavy atom. The number of benzene rings is 9. The third-order valence-electron chi connectivity index (χ3n) is 11.2. The van der Waals surface area contributed by atoms with Crippen molar-refractivity contribution in [3.8, 4) is 34.0 Å². The van der Waals surface area contributed by atoms with Gasteiger partial charge in [0.2, 0.25) is 0 Å². The average molecular weight is 810 g/mol. The SMILES string of the molecule is [2H]c1c([2H])c([2H])c2c(c1[2H])SB1c3c([2H])c([2H])c(-n4c5c([2H])c([2H])c([2H])c([2H])c5c5c([2H])c([2H])c([2H])c([2H])c54)c([2H])c3Oc3c([2H])c(-n4c5c([2H])c([2H])c([2H])c([2H])c5c5c([2H])c6c7c([2H])c([2H])c([2H])c([2H])c7n7c8c([2H])c([2H])c([2H])c([2H])c8c(c54)c67)c([2H])c-2c31. The summed E-state index contributed by atoms with van der Waals surface area (Å²) in [7, 11) is 0. The van der Waals surface area contributed by atoms with E-state index in [4.69, 9.17) is 23.9 Å². The standard InChI is InChI=1S/C54H30BN3OS/c1-7-19-43-33(13-1)34-14-2-8-20-44(34)56(43)31-25-26-42-48(28-31)59-49-29-32(27-39-37-17-6-12-24-50(37)60-55(42)52(39)49)57-45-21-9-3-15-35(45)40-30-41-36-16-4-10-22-46(36)58-47-23-11-5-18-38(47)51(53(40)57)54(41)58/h1-30H/i1D,2D,3D,4D,5D,6D,7D,8D,9D,10D,11D,12D,13D,14D,15D,16D,17D,18D,19D,20D,21D,22D,23D,24D,25D,26D,27D,28D,29D,30D. The van der Waals surface area contributed by atoms with E-state index in [9.17, 15) is 21.9 Å². The van der Waals surface area contributed by atoms with Crippen LogP contribution in [0.5, 0.6) is 11.5 Å². The summed E-state index contributed by atoms with van der Waals surface area (Å²) in [6.45, 7) is 0. The molecule has 0 N–H and O–H groups in total. The molecule has 0 spiro atoms. The first-order chi connectivity index (χ1) is 42.3. The Balaban J connectivity index is 1.18. The van der Waals surface area contributed by atoms with Crippen molar-refractivity contribution >= 4 is 110 Å². The molecule has 0 saturated heterocycles. The molecule has 0 aliphatic carbocycles. The van der Waals surface area contributed by atoms with Crippen molar-refractivity contribution in [1.29, 1.82) is 0 Å². The molecule has 0 radical (unpaired) electrons. The maximum Gasteiger partial charge on any atom is 0.289 e. The fourth-order valence-corrected chi connectivity index (χ4v) is 10.1. The molecule has 0 atom stereocenters. The first-order valence-corrected chi connectivity index (χ1v) is 19.1. The van der Waals surface area contributed by atoms with Crippen LogP contribution < -0.4 is 15.7 Å². The summed E-state index contributed by atoms with van der Waals surface area (Å²) < 4.78 is 288. The molecule has 9 aromatic carbocycles. The van der Waals surface area contributed by atoms with Crippen LogP contribution >= 0.6 is 11.6 Å². The van der Waals surface area contributed by atoms with Gasteiger partial charge in [-0.2, -0.15) is 11.6 Å². The van der Waals surface area contributed by atoms with Crippen LogP contribution in [0.3, 0.4) is 0 Å². The number of nitrogens with zero attached hydrogens (tertiary/aromatic N) is 3. The minimum Gasteiger partial charge on any atom is -0.458 e. The van der Waals surface area contributed by atoms with Crippen molar-refractivity contribution < 1.29 is 45.9 Å². The van der Waals surface area contributed by atoms with Gasteiger partial charge in [-0.15, -0.1) is 0 Å². The summed E-state index contributed by atoms with van der Waals surface area (Å²) in [5, 5.41) is -3.13. The lowest BCUT2D eigenvalue weighted by molar-refractivity contribution is 0.487. The molecule has 0 unspecified atom stereocenters. The second-order valence-electron chi connectivity index (χ2n) is 14.1. The highest BCUT2D eigenvalue weighted by Crippen LogP contribution is 2.49. The lowest BCUT2D eigenvalue weighted by Crippen LogP contribution is -2.46. The highest BCUT2D eigenvalue weighted by atomic mass is 32.2. The van der Waals surface area contributed by atoms with Gasteiger partial charge in [-0.3, -0.25) is 0 Å². The lowest BCUT2D eigenvalue weighted by atomic mass is 9.57. The topological polar surface area (TPSA) is 23.5 Å². The molecule has 6 heterocycles. The van der Waals surface area contributed by atoms with Crippen molar-refractivity contribution in [2.45, 2.75) is 4.90 Å². The first kappa shape index (κ1) is 15.0. The normalized spacial score (nSPS) is 20.4. The van der Waals surface area contributed by atoms with Gasteiger partial charge >= 0.3 is 0 Å². The van der Waals surface area contributed by atoms with Crippen molar-refractivity contribution in [3.63, 3.8) is 0 Å². The van der Waals surface area contributed by atoms with Gasteiger partial charge in [-0.1, -0.05) is 115 Å². The van der Waals surface area contributed by atoms with E-state index in [1.54, 1.807) is 0 Å². The molecule has 0 bridgehead atoms. The fraction of sp³-hybridized carbons (Fsp3) is 0. The van der Waals surface area contributed by atoms with E-state index in [0.29, 0.717) is 11.6 Å². The molecule has 276 valence electrons. The molecule has 60 heavy (non-hydrogen) atoms. The molecule has 0 fully saturated rings. The minimum absolute atomic E-state index is 0.241. The zero-order chi connectivity index (χ0) is 64.9. The third kappa shape index (κ3) is 3.86. The Kier molecular flexibility index (Phi) is 2.80. The van der Waals surface area contributed by atoms with Crippen LogP contribution in [0.4, 0.5) is 0 Å². The lowest BCUT2D eigenvalue weighted by Gasteiger charge is -2.33. The monoisotopic (exact) mass is 809 g/mol. The van der Waals surface area contributed by atoms with Crippen molar-refractivity contribution in [2.75, 3.05) is 0 Å². The van der Waals surface area contributed by atoms with Gasteiger partial charge in [0.1, 0.15) is 11.5 Å². The van der Waals surface area contributed by atoms with Crippen molar-refractivity contribution in [3.05, 3.63) is 181 Å². The Bertz CT molecular complexity index is 5740. The molecular formula is C54H30BN3OS. The number of hydrogen-bond donors (Lipinski definition) is 0. The average Bonchev–Trinajstić information content (AvgIpc) is 1.45. The quantitative estimate of drug-likeness (QED) is 0.162. The molecule has 4 aromatic heterocycles. The van der Waals surface area contributed by atoms with E-state index in [1.165, 1.54) is 0 Å². The zero-order valence-corrected chi connectivity index (χ0v) is 30.6. The number of ether oxygens (including phenoxy) is 1. The smallest absolute Gasteiger partial charge is 0.289 e. The summed E-state index contributed by atoms with van der Waals surface area (Å²) in [4.78, 5) is -0.280. The van der Waals surface area contributed by atoms with Gasteiger partial charge in [0.05, 0.1) is 85.4 Å². The van der Waals surface area contributed by atoms with Crippen LogP contribution in [0.15, 0.2) is 186 Å². The molecule has 15 rings (SSSR count). The summed E-state index contributed by atoms with van der Waals surface area (Å²) in [6, 6.07) is -24.0. The molecule has 6 heteroatoms. The number of aromatic nitrogens is 3. The maximum absolute atomic E-state index is 10.5. The van der Waals surface area contributed by atoms with E-state index in [-0.39, 0.29) is 59.5 Å². The Morgan fingerprint density at radius 1 is 0.433 bits per heavy atom. The summed E-state index contributed by atoms with van der Waals surface area (Å²) in [5.41, 5.74) is -6.02. The molecule has 0 saturated carbocycles. The second-order valence-corrected chi connectivity index (χ2v) is 15.2. The summed E-state index contributed by atoms with van der Waals surface area (Å²) in [5.74, 6) is -2.91. The van der Waals surface area contributed by atoms with Gasteiger partial charge in [0, 0.05) is 65.8 Å². The minimum atomic E-state index is -1.57. The van der Waals surface area contributed by atoms with Crippen LogP contribution in [-0.2, 0) is 0 Å². The predicted molar refractivity (Wildman–Crippen MR) is 253 cm³/mol. The fourth-order valence-electron chi connectivity index (χ4n) is 8.89. The van der Waals surface area contributed by atoms with Gasteiger partial charge in [-0.25, -0.2) is 0 Å². The number of rotatable bonds is 2. The number of para-hydroxylation sites is 5. The van der Waals surface area contributed by atoms with E-state index in [0.717, 1.165) is 13.5 Å². The van der Waals surface area contributed by atoms with Crippen LogP contribution in [0.1, 0.15) is 41.1 Å². The third-order valence-corrected chi connectivity index (χ3v) is 12.4. The molecule has 13 aromatic rings. The molecular weight excluding hydrogens is 749 g/mol. The molecule has 0 amide bonds. The highest BCUT2D eigenvalue weighted by Gasteiger charge is 2.39. The molecule has 4 nitrogen and oxygen atoms in total. The van der Waals surface area contributed by atoms with Gasteiger partial charge in [0.15, 0.2) is 0 Å². The van der Waals surface area contributed by atoms with Crippen LogP contribution in [0.2, 0.25) is 0 Å². The van der Waals surface area contributed by atoms with Crippen molar-refractivity contribution in [2.24, 2.45) is 0 Å². The zero-order valence-electron chi connectivity index (χ0n) is 59.7. The second kappa shape index (κ2) is 11.2. The molecule has 2 aliphatic heterocycles. The van der Waals surface area contributed by atoms with Gasteiger partial charge < -0.3 is 18.3 Å². The number of hydrogen-bond acceptors (Lipinski definition) is 2. The van der Waals surface area contributed by atoms with Gasteiger partial charge in [-0.05, 0) is 76.4 Å². The summed E-state index contributed by atoms with van der Waals surface area (Å²) >= 11 is 0.666. The van der Waals surface area contributed by atoms with Crippen LogP contribution in [-0.4, -0.2) is 19.5 Å². The van der Waals surface area contributed by atoms with Crippen LogP contribution in [0, 0.1) is 0 Å². The molecule has 2 aliphatic rings. The Morgan fingerprint density at radius 2 is 0.983 bits per heavy atom. The van der Waals surface area contributed by atoms with Gasteiger partial charge in [0.25, 0.3) is 5.99 Å². The summed E-state index contributed by atoms with van der Waals surface area (Å²) in [6.07, 6.45) is 0. The Labute approximate surface area is 389 Å². The van der Waals surface area contributed by atoms with E-state index >= 15 is 0 Å². The number of fused-ring (bicyclic) bond motifs is 17. The van der Waals surface area contributed by atoms with E-state index in [1.807, 2.05) is 0 Å². The largest absolute Gasteiger partial charge is 0.458 e. The van der Waals surface area contributed by atoms with Crippen molar-refractivity contribution in [1.82, 2.24) is 13.5 Å². The maximum atomic E-state index is 10.5. The van der Waals surface area contributed by atoms with E-state index in [2.05, 4.69) is 0 Å². The first-order valence-electron chi connectivity index (χ1n) is 33.2. The highest BCUT2D eigenvalue weighted by molar-refractivity contribution is 8.28. The van der Waals surface area contributed by atoms with Crippen LogP contribution in [0.25, 0.3) is 104 Å². The Hall–Kier alpha value is -7.41.